The molecule has 26 heavy (non-hydrogen) atoms. The van der Waals surface area contributed by atoms with E-state index in [0.717, 1.165) is 19.5 Å². The lowest BCUT2D eigenvalue weighted by Gasteiger charge is -2.30. The molecule has 0 fully saturated rings. The molecule has 1 unspecified atom stereocenters. The van der Waals surface area contributed by atoms with Crippen molar-refractivity contribution in [2.75, 3.05) is 25.0 Å². The highest BCUT2D eigenvalue weighted by molar-refractivity contribution is 5.55. The van der Waals surface area contributed by atoms with Gasteiger partial charge in [-0.3, -0.25) is 15.0 Å². The first-order valence-corrected chi connectivity index (χ1v) is 8.65. The molecule has 7 heteroatoms. The first kappa shape index (κ1) is 19.3. The Morgan fingerprint density at radius 1 is 1.31 bits per heavy atom. The highest BCUT2D eigenvalue weighted by Crippen LogP contribution is 2.19. The zero-order chi connectivity index (χ0) is 18.9. The van der Waals surface area contributed by atoms with Crippen molar-refractivity contribution in [1.82, 2.24) is 9.88 Å². The van der Waals surface area contributed by atoms with Crippen molar-refractivity contribution < 1.29 is 4.92 Å². The van der Waals surface area contributed by atoms with Crippen molar-refractivity contribution in [3.05, 3.63) is 63.8 Å². The topological polar surface area (TPSA) is 95.1 Å². The SMILES string of the molecule is CCN(CC)C(CNc1ncc([N+](=O)[O-])cc1C#N)Cc1ccccc1. The molecule has 0 bridgehead atoms. The molecule has 1 N–H and O–H groups in total. The van der Waals surface area contributed by atoms with Crippen molar-refractivity contribution in [2.24, 2.45) is 0 Å². The smallest absolute Gasteiger partial charge is 0.289 e. The molecule has 1 heterocycles. The van der Waals surface area contributed by atoms with E-state index in [1.807, 2.05) is 24.3 Å². The first-order valence-electron chi connectivity index (χ1n) is 8.65. The highest BCUT2D eigenvalue weighted by atomic mass is 16.6. The van der Waals surface area contributed by atoms with E-state index in [1.54, 1.807) is 0 Å². The molecule has 1 aromatic carbocycles. The number of aromatic nitrogens is 1. The predicted octanol–water partition coefficient (Wildman–Crippen LogP) is 3.23. The number of hydrogen-bond donors (Lipinski definition) is 1. The third-order valence-electron chi connectivity index (χ3n) is 4.35. The molecule has 7 nitrogen and oxygen atoms in total. The van der Waals surface area contributed by atoms with Crippen molar-refractivity contribution in [3.63, 3.8) is 0 Å². The van der Waals surface area contributed by atoms with Gasteiger partial charge in [0.15, 0.2) is 0 Å². The minimum Gasteiger partial charge on any atom is -0.367 e. The number of pyridine rings is 1. The summed E-state index contributed by atoms with van der Waals surface area (Å²) in [6.07, 6.45) is 2.04. The van der Waals surface area contributed by atoms with Crippen LogP contribution in [0.25, 0.3) is 0 Å². The molecule has 0 aliphatic heterocycles. The average molecular weight is 353 g/mol. The van der Waals surface area contributed by atoms with E-state index < -0.39 is 4.92 Å². The Labute approximate surface area is 153 Å². The van der Waals surface area contributed by atoms with Crippen LogP contribution in [0.15, 0.2) is 42.6 Å². The van der Waals surface area contributed by atoms with Crippen LogP contribution in [-0.4, -0.2) is 40.5 Å². The Kier molecular flexibility index (Phi) is 7.06. The minimum atomic E-state index is -0.550. The summed E-state index contributed by atoms with van der Waals surface area (Å²) >= 11 is 0. The second kappa shape index (κ2) is 9.49. The van der Waals surface area contributed by atoms with Gasteiger partial charge < -0.3 is 5.32 Å². The van der Waals surface area contributed by atoms with Crippen LogP contribution >= 0.6 is 0 Å². The quantitative estimate of drug-likeness (QED) is 0.549. The van der Waals surface area contributed by atoms with E-state index in [-0.39, 0.29) is 17.3 Å². The Balaban J connectivity index is 2.16. The second-order valence-electron chi connectivity index (χ2n) is 5.90. The fraction of sp³-hybridized carbons (Fsp3) is 0.368. The first-order chi connectivity index (χ1) is 12.6. The van der Waals surface area contributed by atoms with Crippen LogP contribution in [-0.2, 0) is 6.42 Å². The fourth-order valence-corrected chi connectivity index (χ4v) is 2.95. The summed E-state index contributed by atoms with van der Waals surface area (Å²) in [4.78, 5) is 16.7. The minimum absolute atomic E-state index is 0.178. The van der Waals surface area contributed by atoms with Crippen molar-refractivity contribution >= 4 is 11.5 Å². The molecule has 0 saturated heterocycles. The van der Waals surface area contributed by atoms with Gasteiger partial charge in [-0.2, -0.15) is 5.26 Å². The largest absolute Gasteiger partial charge is 0.367 e. The number of likely N-dealkylation sites (N-methyl/N-ethyl adjacent to an activating group) is 1. The number of anilines is 1. The zero-order valence-corrected chi connectivity index (χ0v) is 15.1. The summed E-state index contributed by atoms with van der Waals surface area (Å²) in [5.41, 5.74) is 1.23. The van der Waals surface area contributed by atoms with Crippen LogP contribution in [0, 0.1) is 21.4 Å². The lowest BCUT2D eigenvalue weighted by molar-refractivity contribution is -0.385. The summed E-state index contributed by atoms with van der Waals surface area (Å²) in [6, 6.07) is 13.7. The Hall–Kier alpha value is -2.98. The van der Waals surface area contributed by atoms with Crippen LogP contribution in [0.1, 0.15) is 25.0 Å². The summed E-state index contributed by atoms with van der Waals surface area (Å²) in [7, 11) is 0. The molecule has 136 valence electrons. The van der Waals surface area contributed by atoms with E-state index in [4.69, 9.17) is 0 Å². The lowest BCUT2D eigenvalue weighted by Crippen LogP contribution is -2.41. The monoisotopic (exact) mass is 353 g/mol. The summed E-state index contributed by atoms with van der Waals surface area (Å²) < 4.78 is 0. The number of hydrogen-bond acceptors (Lipinski definition) is 6. The van der Waals surface area contributed by atoms with Crippen LogP contribution in [0.3, 0.4) is 0 Å². The van der Waals surface area contributed by atoms with Gasteiger partial charge >= 0.3 is 0 Å². The summed E-state index contributed by atoms with van der Waals surface area (Å²) in [6.45, 7) is 6.65. The van der Waals surface area contributed by atoms with Gasteiger partial charge in [-0.1, -0.05) is 44.2 Å². The van der Waals surface area contributed by atoms with Crippen molar-refractivity contribution in [2.45, 2.75) is 26.3 Å². The van der Waals surface area contributed by atoms with E-state index in [9.17, 15) is 15.4 Å². The van der Waals surface area contributed by atoms with Gasteiger partial charge in [-0.15, -0.1) is 0 Å². The molecule has 0 amide bonds. The normalized spacial score (nSPS) is 11.8. The average Bonchev–Trinajstić information content (AvgIpc) is 2.67. The molecule has 1 atom stereocenters. The van der Waals surface area contributed by atoms with E-state index in [2.05, 4.69) is 41.2 Å². The molecular formula is C19H23N5O2. The third kappa shape index (κ3) is 5.01. The van der Waals surface area contributed by atoms with Gasteiger partial charge in [0, 0.05) is 18.7 Å². The number of nitro groups is 1. The molecule has 0 aliphatic rings. The second-order valence-corrected chi connectivity index (χ2v) is 5.90. The van der Waals surface area contributed by atoms with Gasteiger partial charge in [-0.05, 0) is 25.1 Å². The van der Waals surface area contributed by atoms with E-state index >= 15 is 0 Å². The highest BCUT2D eigenvalue weighted by Gasteiger charge is 2.18. The van der Waals surface area contributed by atoms with Gasteiger partial charge in [0.05, 0.1) is 4.92 Å². The summed E-state index contributed by atoms with van der Waals surface area (Å²) in [5, 5.41) is 23.3. The Bertz CT molecular complexity index is 769. The maximum Gasteiger partial charge on any atom is 0.289 e. The summed E-state index contributed by atoms with van der Waals surface area (Å²) in [5.74, 6) is 0.378. The van der Waals surface area contributed by atoms with Crippen LogP contribution in [0.2, 0.25) is 0 Å². The molecule has 0 saturated carbocycles. The maximum atomic E-state index is 10.8. The van der Waals surface area contributed by atoms with Crippen LogP contribution < -0.4 is 5.32 Å². The predicted molar refractivity (Wildman–Crippen MR) is 101 cm³/mol. The van der Waals surface area contributed by atoms with Gasteiger partial charge in [0.2, 0.25) is 0 Å². The van der Waals surface area contributed by atoms with Crippen LogP contribution in [0.5, 0.6) is 0 Å². The van der Waals surface area contributed by atoms with Crippen molar-refractivity contribution in [3.8, 4) is 6.07 Å². The lowest BCUT2D eigenvalue weighted by atomic mass is 10.0. The maximum absolute atomic E-state index is 10.8. The molecule has 2 aromatic rings. The molecule has 0 aliphatic carbocycles. The number of nitriles is 1. The van der Waals surface area contributed by atoms with E-state index in [1.165, 1.54) is 17.8 Å². The van der Waals surface area contributed by atoms with Gasteiger partial charge in [0.25, 0.3) is 5.69 Å². The number of nitrogens with zero attached hydrogens (tertiary/aromatic N) is 4. The van der Waals surface area contributed by atoms with Crippen LogP contribution in [0.4, 0.5) is 11.5 Å². The molecule has 1 aromatic heterocycles. The number of benzene rings is 1. The third-order valence-corrected chi connectivity index (χ3v) is 4.35. The molecule has 2 rings (SSSR count). The van der Waals surface area contributed by atoms with Gasteiger partial charge in [-0.25, -0.2) is 4.98 Å². The zero-order valence-electron chi connectivity index (χ0n) is 15.1. The molecular weight excluding hydrogens is 330 g/mol. The Morgan fingerprint density at radius 2 is 2.00 bits per heavy atom. The Morgan fingerprint density at radius 3 is 2.58 bits per heavy atom. The molecule has 0 radical (unpaired) electrons. The van der Waals surface area contributed by atoms with E-state index in [0.29, 0.717) is 12.4 Å². The van der Waals surface area contributed by atoms with Gasteiger partial charge in [0.1, 0.15) is 23.6 Å². The van der Waals surface area contributed by atoms with Crippen molar-refractivity contribution in [1.29, 1.82) is 5.26 Å². The fourth-order valence-electron chi connectivity index (χ4n) is 2.95. The number of rotatable bonds is 9. The standard InChI is InChI=1S/C19H23N5O2/c1-3-23(4-2)17(10-15-8-6-5-7-9-15)13-21-19-16(12-20)11-18(14-22-19)24(25)26/h5-9,11,14,17H,3-4,10,13H2,1-2H3,(H,21,22). The number of nitrogens with one attached hydrogen (secondary N) is 1. The molecule has 0 spiro atoms.